The van der Waals surface area contributed by atoms with Crippen LogP contribution >= 0.6 is 15.6 Å². The molecule has 3 unspecified atom stereocenters. The first-order valence-electron chi connectivity index (χ1n) is 45.7. The van der Waals surface area contributed by atoms with E-state index in [2.05, 4.69) is 34.6 Å². The number of aliphatic hydroxyl groups is 1. The van der Waals surface area contributed by atoms with Crippen LogP contribution in [0.1, 0.15) is 478 Å². The minimum Gasteiger partial charge on any atom is -0.462 e. The molecule has 0 aliphatic rings. The third-order valence-electron chi connectivity index (χ3n) is 21.1. The van der Waals surface area contributed by atoms with Crippen LogP contribution in [0.3, 0.4) is 0 Å². The third kappa shape index (κ3) is 80.5. The van der Waals surface area contributed by atoms with Crippen LogP contribution in [0.5, 0.6) is 0 Å². The Labute approximate surface area is 658 Å². The van der Waals surface area contributed by atoms with Crippen LogP contribution in [0, 0.1) is 5.92 Å². The van der Waals surface area contributed by atoms with E-state index in [-0.39, 0.29) is 25.7 Å². The number of rotatable bonds is 88. The van der Waals surface area contributed by atoms with E-state index in [0.717, 1.165) is 95.8 Å². The lowest BCUT2D eigenvalue weighted by Gasteiger charge is -2.21. The molecule has 19 heteroatoms. The molecule has 0 saturated carbocycles. The monoisotopic (exact) mass is 1560 g/mol. The fraction of sp³-hybridized carbons (Fsp3) is 0.955. The molecule has 0 heterocycles. The Hall–Kier alpha value is -1.94. The molecule has 0 rings (SSSR count). The molecule has 3 N–H and O–H groups in total. The summed E-state index contributed by atoms with van der Waals surface area (Å²) in [5.41, 5.74) is 0. The zero-order valence-corrected chi connectivity index (χ0v) is 72.1. The van der Waals surface area contributed by atoms with Gasteiger partial charge in [-0.25, -0.2) is 9.13 Å². The maximum Gasteiger partial charge on any atom is 0.472 e. The predicted octanol–water partition coefficient (Wildman–Crippen LogP) is 27.2. The lowest BCUT2D eigenvalue weighted by atomic mass is 9.99. The number of hydrogen-bond acceptors (Lipinski definition) is 15. The van der Waals surface area contributed by atoms with Crippen LogP contribution in [0.25, 0.3) is 0 Å². The van der Waals surface area contributed by atoms with Crippen LogP contribution < -0.4 is 0 Å². The Morgan fingerprint density at radius 1 is 0.262 bits per heavy atom. The van der Waals surface area contributed by atoms with Gasteiger partial charge < -0.3 is 33.8 Å². The molecule has 0 spiro atoms. The summed E-state index contributed by atoms with van der Waals surface area (Å²) >= 11 is 0. The topological polar surface area (TPSA) is 237 Å². The molecule has 0 bridgehead atoms. The van der Waals surface area contributed by atoms with Crippen molar-refractivity contribution in [3.8, 4) is 0 Å². The van der Waals surface area contributed by atoms with Crippen molar-refractivity contribution in [3.05, 3.63) is 0 Å². The highest BCUT2D eigenvalue weighted by molar-refractivity contribution is 7.47. The van der Waals surface area contributed by atoms with Crippen molar-refractivity contribution in [3.63, 3.8) is 0 Å². The molecule has 0 aliphatic heterocycles. The molecule has 17 nitrogen and oxygen atoms in total. The summed E-state index contributed by atoms with van der Waals surface area (Å²) in [6.45, 7) is 7.45. The van der Waals surface area contributed by atoms with Crippen LogP contribution in [0.4, 0.5) is 0 Å². The van der Waals surface area contributed by atoms with E-state index < -0.39 is 97.5 Å². The van der Waals surface area contributed by atoms with Crippen molar-refractivity contribution in [2.45, 2.75) is 496 Å². The first kappa shape index (κ1) is 105. The number of phosphoric acid groups is 2. The SMILES string of the molecule is CCCCCCCCCCCCCCCCCCCCC(=O)OC[C@H](COP(=O)(O)OC[C@@H](O)COP(=O)(O)OC[C@@H](COC(=O)CCCCCCCCCCCCC)OC(=O)CCCCCCCCCCCCCCCCCC)OC(=O)CCCCCCCCCCCCCCCCCCCCC(C)CC. The van der Waals surface area contributed by atoms with Gasteiger partial charge in [-0.2, -0.15) is 0 Å². The predicted molar refractivity (Wildman–Crippen MR) is 442 cm³/mol. The second-order valence-electron chi connectivity index (χ2n) is 31.9. The molecule has 0 saturated heterocycles. The van der Waals surface area contributed by atoms with Gasteiger partial charge in [-0.05, 0) is 31.6 Å². The lowest BCUT2D eigenvalue weighted by Crippen LogP contribution is -2.30. The number of carbonyl (C=O) groups excluding carboxylic acids is 4. The molecule has 107 heavy (non-hydrogen) atoms. The van der Waals surface area contributed by atoms with E-state index in [1.807, 2.05) is 0 Å². The average molecular weight is 1560 g/mol. The number of hydrogen-bond donors (Lipinski definition) is 3. The molecule has 636 valence electrons. The van der Waals surface area contributed by atoms with Gasteiger partial charge >= 0.3 is 39.5 Å². The smallest absolute Gasteiger partial charge is 0.462 e. The van der Waals surface area contributed by atoms with E-state index in [1.165, 1.54) is 302 Å². The maximum absolute atomic E-state index is 13.2. The first-order valence-corrected chi connectivity index (χ1v) is 48.7. The Morgan fingerprint density at radius 3 is 0.664 bits per heavy atom. The van der Waals surface area contributed by atoms with Crippen LogP contribution in [-0.2, 0) is 65.4 Å². The average Bonchev–Trinajstić information content (AvgIpc) is 0.901. The van der Waals surface area contributed by atoms with E-state index in [1.54, 1.807) is 0 Å². The zero-order chi connectivity index (χ0) is 78.3. The van der Waals surface area contributed by atoms with Gasteiger partial charge in [-0.3, -0.25) is 37.3 Å². The third-order valence-corrected chi connectivity index (χ3v) is 23.0. The number of unbranched alkanes of at least 4 members (excludes halogenated alkanes) is 59. The second-order valence-corrected chi connectivity index (χ2v) is 34.8. The first-order chi connectivity index (χ1) is 52.1. The van der Waals surface area contributed by atoms with Crippen molar-refractivity contribution in [2.75, 3.05) is 39.6 Å². The summed E-state index contributed by atoms with van der Waals surface area (Å²) in [5.74, 6) is -1.22. The van der Waals surface area contributed by atoms with Crippen LogP contribution in [0.15, 0.2) is 0 Å². The van der Waals surface area contributed by atoms with E-state index >= 15 is 0 Å². The van der Waals surface area contributed by atoms with Gasteiger partial charge in [0.05, 0.1) is 26.4 Å². The highest BCUT2D eigenvalue weighted by Gasteiger charge is 2.30. The summed E-state index contributed by atoms with van der Waals surface area (Å²) in [6.07, 6.45) is 74.9. The van der Waals surface area contributed by atoms with Crippen LogP contribution in [0.2, 0.25) is 0 Å². The summed E-state index contributed by atoms with van der Waals surface area (Å²) < 4.78 is 69.0. The lowest BCUT2D eigenvalue weighted by molar-refractivity contribution is -0.161. The summed E-state index contributed by atoms with van der Waals surface area (Å²) in [6, 6.07) is 0. The summed E-state index contributed by atoms with van der Waals surface area (Å²) in [7, 11) is -9.93. The number of aliphatic hydroxyl groups excluding tert-OH is 1. The standard InChI is InChI=1S/C88H172O17P2/c1-6-10-13-16-19-22-25-27-29-31-35-39-42-47-52-57-62-67-72-86(91)99-78-84(105-88(93)74-69-64-59-54-49-44-40-36-33-32-34-37-41-46-50-55-60-65-70-81(5)9-4)80-103-107(96,97)101-76-82(89)75-100-106(94,95)102-79-83(77-98-85(90)71-66-61-56-51-45-24-21-18-15-12-8-3)104-87(92)73-68-63-58-53-48-43-38-30-28-26-23-20-17-14-11-7-2/h81-84,89H,6-80H2,1-5H3,(H,94,95)(H,96,97)/t81?,82-,83+,84+/m0/s1. The summed E-state index contributed by atoms with van der Waals surface area (Å²) in [4.78, 5) is 73.3. The Kier molecular flexibility index (Phi) is 79.2. The highest BCUT2D eigenvalue weighted by Crippen LogP contribution is 2.45. The van der Waals surface area contributed by atoms with E-state index in [4.69, 9.17) is 37.0 Å². The Morgan fingerprint density at radius 2 is 0.449 bits per heavy atom. The van der Waals surface area contributed by atoms with Gasteiger partial charge in [0.1, 0.15) is 19.3 Å². The molecule has 0 fully saturated rings. The summed E-state index contributed by atoms with van der Waals surface area (Å²) in [5, 5.41) is 10.7. The minimum atomic E-state index is -4.97. The van der Waals surface area contributed by atoms with E-state index in [9.17, 15) is 43.2 Å². The van der Waals surface area contributed by atoms with Gasteiger partial charge in [-0.1, -0.05) is 426 Å². The molecule has 0 aromatic carbocycles. The number of esters is 4. The molecular weight excluding hydrogens is 1390 g/mol. The van der Waals surface area contributed by atoms with Crippen molar-refractivity contribution in [2.24, 2.45) is 5.92 Å². The molecule has 0 radical (unpaired) electrons. The highest BCUT2D eigenvalue weighted by atomic mass is 31.2. The number of ether oxygens (including phenoxy) is 4. The van der Waals surface area contributed by atoms with Crippen molar-refractivity contribution in [1.82, 2.24) is 0 Å². The molecule has 0 amide bonds. The quantitative estimate of drug-likeness (QED) is 0.0222. The van der Waals surface area contributed by atoms with Gasteiger partial charge in [0.15, 0.2) is 12.2 Å². The van der Waals surface area contributed by atoms with Gasteiger partial charge in [-0.15, -0.1) is 0 Å². The Bertz CT molecular complexity index is 2030. The van der Waals surface area contributed by atoms with Gasteiger partial charge in [0.2, 0.25) is 0 Å². The van der Waals surface area contributed by atoms with E-state index in [0.29, 0.717) is 25.7 Å². The van der Waals surface area contributed by atoms with Crippen molar-refractivity contribution in [1.29, 1.82) is 0 Å². The molecule has 6 atom stereocenters. The largest absolute Gasteiger partial charge is 0.472 e. The fourth-order valence-electron chi connectivity index (χ4n) is 13.8. The fourth-order valence-corrected chi connectivity index (χ4v) is 15.4. The van der Waals surface area contributed by atoms with Crippen molar-refractivity contribution >= 4 is 39.5 Å². The van der Waals surface area contributed by atoms with Crippen LogP contribution in [-0.4, -0.2) is 96.7 Å². The van der Waals surface area contributed by atoms with Gasteiger partial charge in [0.25, 0.3) is 0 Å². The van der Waals surface area contributed by atoms with Crippen molar-refractivity contribution < 1.29 is 80.2 Å². The molecule has 0 aliphatic carbocycles. The maximum atomic E-state index is 13.2. The Balaban J connectivity index is 5.23. The zero-order valence-electron chi connectivity index (χ0n) is 70.3. The minimum absolute atomic E-state index is 0.109. The second kappa shape index (κ2) is 80.7. The van der Waals surface area contributed by atoms with Gasteiger partial charge in [0, 0.05) is 25.7 Å². The number of carbonyl (C=O) groups is 4. The number of phosphoric ester groups is 2. The normalized spacial score (nSPS) is 14.0. The molecule has 0 aromatic rings. The molecule has 0 aromatic heterocycles. The molecular formula is C88H172O17P2.